The number of rotatable bonds is 2. The number of aliphatic hydroxyl groups excluding tert-OH is 1. The third-order valence-corrected chi connectivity index (χ3v) is 1.98. The third-order valence-electron chi connectivity index (χ3n) is 1.98. The van der Waals surface area contributed by atoms with E-state index in [4.69, 9.17) is 9.84 Å². The van der Waals surface area contributed by atoms with E-state index in [1.165, 1.54) is 13.2 Å². The molecule has 4 nitrogen and oxygen atoms in total. The molecule has 1 atom stereocenters. The second-order valence-electron chi connectivity index (χ2n) is 2.70. The maximum absolute atomic E-state index is 11.2. The Hall–Kier alpha value is -1.00. The lowest BCUT2D eigenvalue weighted by Crippen LogP contribution is -2.47. The van der Waals surface area contributed by atoms with Crippen LogP contribution in [0.5, 0.6) is 0 Å². The normalized spacial score (nSPS) is 29.5. The van der Waals surface area contributed by atoms with Crippen LogP contribution in [0.2, 0.25) is 0 Å². The van der Waals surface area contributed by atoms with Gasteiger partial charge in [-0.15, -0.1) is 0 Å². The summed E-state index contributed by atoms with van der Waals surface area (Å²) in [6, 6.07) is 0. The largest absolute Gasteiger partial charge is 0.393 e. The molecule has 0 aromatic rings. The van der Waals surface area contributed by atoms with E-state index in [2.05, 4.69) is 0 Å². The molecule has 4 heteroatoms. The van der Waals surface area contributed by atoms with Crippen LogP contribution in [0.25, 0.3) is 0 Å². The minimum atomic E-state index is -1.33. The Balaban J connectivity index is 2.96. The molecule has 1 unspecified atom stereocenters. The molecule has 0 spiro atoms. The minimum absolute atomic E-state index is 0.0741. The third kappa shape index (κ3) is 1.31. The number of ketones is 2. The fraction of sp³-hybridized carbons (Fsp3) is 0.500. The summed E-state index contributed by atoms with van der Waals surface area (Å²) < 4.78 is 4.84. The average Bonchev–Trinajstić information content (AvgIpc) is 2.09. The summed E-state index contributed by atoms with van der Waals surface area (Å²) in [5.41, 5.74) is -1.33. The van der Waals surface area contributed by atoms with E-state index >= 15 is 0 Å². The zero-order valence-corrected chi connectivity index (χ0v) is 6.74. The highest BCUT2D eigenvalue weighted by molar-refractivity contribution is 6.09. The molecule has 0 saturated carbocycles. The number of carbonyl (C=O) groups excluding carboxylic acids is 2. The molecule has 0 amide bonds. The van der Waals surface area contributed by atoms with Gasteiger partial charge in [0.15, 0.2) is 17.2 Å². The first-order valence-corrected chi connectivity index (χ1v) is 3.56. The highest BCUT2D eigenvalue weighted by Crippen LogP contribution is 2.21. The zero-order chi connectivity index (χ0) is 9.19. The molecule has 0 fully saturated rings. The first kappa shape index (κ1) is 9.09. The van der Waals surface area contributed by atoms with Gasteiger partial charge < -0.3 is 9.84 Å². The van der Waals surface area contributed by atoms with E-state index in [0.29, 0.717) is 0 Å². The first-order valence-electron chi connectivity index (χ1n) is 3.56. The summed E-state index contributed by atoms with van der Waals surface area (Å²) in [6.45, 7) is -0.460. The van der Waals surface area contributed by atoms with E-state index in [-0.39, 0.29) is 18.0 Å². The van der Waals surface area contributed by atoms with Crippen molar-refractivity contribution >= 4 is 11.6 Å². The lowest BCUT2D eigenvalue weighted by molar-refractivity contribution is -0.147. The van der Waals surface area contributed by atoms with Gasteiger partial charge in [0.1, 0.15) is 0 Å². The van der Waals surface area contributed by atoms with Gasteiger partial charge in [-0.1, -0.05) is 0 Å². The van der Waals surface area contributed by atoms with Crippen LogP contribution in [0, 0.1) is 0 Å². The molecule has 0 aliphatic heterocycles. The molecule has 1 aliphatic carbocycles. The fourth-order valence-corrected chi connectivity index (χ4v) is 1.12. The molecule has 1 N–H and O–H groups in total. The quantitative estimate of drug-likeness (QED) is 0.604. The van der Waals surface area contributed by atoms with Crippen LogP contribution in [-0.2, 0) is 14.3 Å². The topological polar surface area (TPSA) is 63.6 Å². The monoisotopic (exact) mass is 170 g/mol. The summed E-state index contributed by atoms with van der Waals surface area (Å²) >= 11 is 0. The Morgan fingerprint density at radius 3 is 2.67 bits per heavy atom. The Kier molecular flexibility index (Phi) is 2.40. The van der Waals surface area contributed by atoms with Gasteiger partial charge in [-0.25, -0.2) is 0 Å². The fourth-order valence-electron chi connectivity index (χ4n) is 1.12. The maximum atomic E-state index is 11.2. The molecule has 0 bridgehead atoms. The number of hydrogen-bond acceptors (Lipinski definition) is 4. The number of allylic oxidation sites excluding steroid dienone is 1. The van der Waals surface area contributed by atoms with Crippen LogP contribution in [0.15, 0.2) is 12.2 Å². The molecule has 0 heterocycles. The second-order valence-corrected chi connectivity index (χ2v) is 2.70. The van der Waals surface area contributed by atoms with Gasteiger partial charge in [0.2, 0.25) is 0 Å². The van der Waals surface area contributed by atoms with Crippen molar-refractivity contribution in [3.8, 4) is 0 Å². The minimum Gasteiger partial charge on any atom is -0.393 e. The SMILES string of the molecule is COC1(CO)CC(=O)C=CC1=O. The Bertz CT molecular complexity index is 237. The number of methoxy groups -OCH3 is 1. The van der Waals surface area contributed by atoms with E-state index in [0.717, 1.165) is 6.08 Å². The zero-order valence-electron chi connectivity index (χ0n) is 6.74. The molecule has 66 valence electrons. The van der Waals surface area contributed by atoms with Crippen LogP contribution in [0.1, 0.15) is 6.42 Å². The summed E-state index contributed by atoms with van der Waals surface area (Å²) in [5.74, 6) is -0.558. The van der Waals surface area contributed by atoms with Crippen molar-refractivity contribution in [2.24, 2.45) is 0 Å². The van der Waals surface area contributed by atoms with E-state index < -0.39 is 12.2 Å². The number of aliphatic hydroxyl groups is 1. The van der Waals surface area contributed by atoms with Crippen LogP contribution in [-0.4, -0.2) is 36.0 Å². The Labute approximate surface area is 69.8 Å². The lowest BCUT2D eigenvalue weighted by atomic mass is 9.88. The summed E-state index contributed by atoms with van der Waals surface area (Å²) in [6.07, 6.45) is 2.27. The van der Waals surface area contributed by atoms with E-state index in [1.54, 1.807) is 0 Å². The first-order chi connectivity index (χ1) is 5.64. The van der Waals surface area contributed by atoms with Gasteiger partial charge in [0.05, 0.1) is 6.61 Å². The van der Waals surface area contributed by atoms with Gasteiger partial charge >= 0.3 is 0 Å². The summed E-state index contributed by atoms with van der Waals surface area (Å²) in [7, 11) is 1.31. The second kappa shape index (κ2) is 3.16. The molecule has 0 aromatic heterocycles. The predicted octanol–water partition coefficient (Wildman–Crippen LogP) is -0.538. The van der Waals surface area contributed by atoms with Gasteiger partial charge in [-0.3, -0.25) is 9.59 Å². The molecule has 1 aliphatic rings. The highest BCUT2D eigenvalue weighted by atomic mass is 16.5. The molecular formula is C8H10O4. The highest BCUT2D eigenvalue weighted by Gasteiger charge is 2.40. The molecular weight excluding hydrogens is 160 g/mol. The van der Waals surface area contributed by atoms with Crippen molar-refractivity contribution in [3.05, 3.63) is 12.2 Å². The van der Waals surface area contributed by atoms with Gasteiger partial charge in [-0.05, 0) is 12.2 Å². The molecule has 0 aromatic carbocycles. The molecule has 0 saturated heterocycles. The lowest BCUT2D eigenvalue weighted by Gasteiger charge is -2.28. The smallest absolute Gasteiger partial charge is 0.190 e. The van der Waals surface area contributed by atoms with Gasteiger partial charge in [-0.2, -0.15) is 0 Å². The standard InChI is InChI=1S/C8H10O4/c1-12-8(5-9)4-6(10)2-3-7(8)11/h2-3,9H,4-5H2,1H3. The summed E-state index contributed by atoms with van der Waals surface area (Å²) in [4.78, 5) is 22.1. The van der Waals surface area contributed by atoms with Crippen molar-refractivity contribution in [3.63, 3.8) is 0 Å². The van der Waals surface area contributed by atoms with Crippen molar-refractivity contribution in [1.82, 2.24) is 0 Å². The van der Waals surface area contributed by atoms with Crippen molar-refractivity contribution in [1.29, 1.82) is 0 Å². The predicted molar refractivity (Wildman–Crippen MR) is 40.6 cm³/mol. The van der Waals surface area contributed by atoms with E-state index in [1.807, 2.05) is 0 Å². The van der Waals surface area contributed by atoms with Crippen molar-refractivity contribution in [2.45, 2.75) is 12.0 Å². The van der Waals surface area contributed by atoms with Crippen LogP contribution >= 0.6 is 0 Å². The molecule has 1 rings (SSSR count). The number of ether oxygens (including phenoxy) is 1. The molecule has 12 heavy (non-hydrogen) atoms. The number of carbonyl (C=O) groups is 2. The average molecular weight is 170 g/mol. The summed E-state index contributed by atoms with van der Waals surface area (Å²) in [5, 5.41) is 8.90. The van der Waals surface area contributed by atoms with Crippen LogP contribution in [0.4, 0.5) is 0 Å². The molecule has 0 radical (unpaired) electrons. The van der Waals surface area contributed by atoms with Gasteiger partial charge in [0, 0.05) is 13.5 Å². The van der Waals surface area contributed by atoms with Crippen LogP contribution < -0.4 is 0 Å². The van der Waals surface area contributed by atoms with Crippen molar-refractivity contribution in [2.75, 3.05) is 13.7 Å². The van der Waals surface area contributed by atoms with Crippen molar-refractivity contribution < 1.29 is 19.4 Å². The Morgan fingerprint density at radius 2 is 2.25 bits per heavy atom. The Morgan fingerprint density at radius 1 is 1.58 bits per heavy atom. The van der Waals surface area contributed by atoms with Crippen LogP contribution in [0.3, 0.4) is 0 Å². The maximum Gasteiger partial charge on any atom is 0.190 e. The van der Waals surface area contributed by atoms with E-state index in [9.17, 15) is 9.59 Å². The van der Waals surface area contributed by atoms with Gasteiger partial charge in [0.25, 0.3) is 0 Å². The number of hydrogen-bond donors (Lipinski definition) is 1.